The normalized spacial score (nSPS) is 11.4. The Morgan fingerprint density at radius 2 is 2.11 bits per heavy atom. The van der Waals surface area contributed by atoms with Crippen LogP contribution in [-0.2, 0) is 4.74 Å². The van der Waals surface area contributed by atoms with E-state index in [0.29, 0.717) is 11.3 Å². The third kappa shape index (κ3) is 2.49. The van der Waals surface area contributed by atoms with E-state index in [2.05, 4.69) is 5.16 Å². The van der Waals surface area contributed by atoms with Gasteiger partial charge in [0.1, 0.15) is 5.71 Å². The second-order valence-electron chi connectivity index (χ2n) is 3.99. The molecule has 98 valence electrons. The maximum absolute atomic E-state index is 11.5. The topological polar surface area (TPSA) is 63.8 Å². The van der Waals surface area contributed by atoms with Crippen LogP contribution in [-0.4, -0.2) is 28.6 Å². The van der Waals surface area contributed by atoms with Gasteiger partial charge in [-0.1, -0.05) is 11.2 Å². The molecule has 19 heavy (non-hydrogen) atoms. The molecule has 0 aliphatic carbocycles. The van der Waals surface area contributed by atoms with Crippen molar-refractivity contribution in [2.24, 2.45) is 5.16 Å². The molecule has 1 aromatic heterocycles. The van der Waals surface area contributed by atoms with Crippen molar-refractivity contribution in [3.8, 4) is 5.69 Å². The Bertz CT molecular complexity index is 629. The lowest BCUT2D eigenvalue weighted by atomic mass is 10.2. The Balaban J connectivity index is 2.48. The van der Waals surface area contributed by atoms with Crippen molar-refractivity contribution in [3.63, 3.8) is 0 Å². The van der Waals surface area contributed by atoms with E-state index in [0.717, 1.165) is 11.4 Å². The molecule has 0 unspecified atom stereocenters. The van der Waals surface area contributed by atoms with Gasteiger partial charge in [-0.05, 0) is 37.3 Å². The van der Waals surface area contributed by atoms with Crippen molar-refractivity contribution in [2.45, 2.75) is 6.92 Å². The van der Waals surface area contributed by atoms with Gasteiger partial charge >= 0.3 is 5.97 Å². The second kappa shape index (κ2) is 5.39. The van der Waals surface area contributed by atoms with Crippen LogP contribution >= 0.6 is 0 Å². The van der Waals surface area contributed by atoms with E-state index in [1.807, 2.05) is 29.0 Å². The molecule has 0 aliphatic heterocycles. The molecule has 5 heteroatoms. The quantitative estimate of drug-likeness (QED) is 0.398. The molecular weight excluding hydrogens is 244 g/mol. The highest BCUT2D eigenvalue weighted by Gasteiger charge is 2.10. The number of ether oxygens (including phenoxy) is 1. The van der Waals surface area contributed by atoms with Crippen LogP contribution in [0.4, 0.5) is 0 Å². The molecule has 0 radical (unpaired) electrons. The smallest absolute Gasteiger partial charge is 0.337 e. The van der Waals surface area contributed by atoms with E-state index in [1.54, 1.807) is 25.1 Å². The minimum atomic E-state index is -0.386. The average molecular weight is 258 g/mol. The Hall–Kier alpha value is -2.56. The van der Waals surface area contributed by atoms with Crippen LogP contribution < -0.4 is 0 Å². The molecule has 0 amide bonds. The first-order valence-corrected chi connectivity index (χ1v) is 5.72. The molecule has 0 bridgehead atoms. The van der Waals surface area contributed by atoms with Crippen molar-refractivity contribution < 1.29 is 14.7 Å². The number of aromatic nitrogens is 1. The Labute approximate surface area is 110 Å². The zero-order chi connectivity index (χ0) is 13.8. The summed E-state index contributed by atoms with van der Waals surface area (Å²) in [6, 6.07) is 10.7. The average Bonchev–Trinajstić information content (AvgIpc) is 2.95. The molecule has 5 nitrogen and oxygen atoms in total. The van der Waals surface area contributed by atoms with E-state index >= 15 is 0 Å². The standard InChI is InChI=1S/C14H14N2O3/c1-10(15-18)13-7-4-8-16(13)12-6-3-5-11(9-12)14(17)19-2/h3-9,18H,1-2H3/b15-10+. The lowest BCUT2D eigenvalue weighted by molar-refractivity contribution is 0.0600. The van der Waals surface area contributed by atoms with Gasteiger partial charge in [-0.25, -0.2) is 4.79 Å². The predicted octanol–water partition coefficient (Wildman–Crippen LogP) is 2.46. The van der Waals surface area contributed by atoms with Crippen LogP contribution in [0.1, 0.15) is 23.0 Å². The number of carbonyl (C=O) groups excluding carboxylic acids is 1. The zero-order valence-electron chi connectivity index (χ0n) is 10.7. The van der Waals surface area contributed by atoms with Crippen molar-refractivity contribution in [1.82, 2.24) is 4.57 Å². The molecule has 0 fully saturated rings. The van der Waals surface area contributed by atoms with Crippen LogP contribution in [0.25, 0.3) is 5.69 Å². The SMILES string of the molecule is COC(=O)c1cccc(-n2cccc2/C(C)=N/O)c1. The Morgan fingerprint density at radius 1 is 1.32 bits per heavy atom. The van der Waals surface area contributed by atoms with Crippen molar-refractivity contribution in [3.05, 3.63) is 53.9 Å². The van der Waals surface area contributed by atoms with Crippen molar-refractivity contribution >= 4 is 11.7 Å². The van der Waals surface area contributed by atoms with Gasteiger partial charge in [-0.3, -0.25) is 0 Å². The third-order valence-electron chi connectivity index (χ3n) is 2.81. The summed E-state index contributed by atoms with van der Waals surface area (Å²) in [6.45, 7) is 1.70. The Morgan fingerprint density at radius 3 is 2.79 bits per heavy atom. The van der Waals surface area contributed by atoms with E-state index in [4.69, 9.17) is 9.94 Å². The number of hydrogen-bond acceptors (Lipinski definition) is 4. The number of hydrogen-bond donors (Lipinski definition) is 1. The fourth-order valence-electron chi connectivity index (χ4n) is 1.85. The Kier molecular flexibility index (Phi) is 3.66. The summed E-state index contributed by atoms with van der Waals surface area (Å²) in [5.41, 5.74) is 2.52. The van der Waals surface area contributed by atoms with Crippen LogP contribution in [0, 0.1) is 0 Å². The first-order valence-electron chi connectivity index (χ1n) is 5.72. The third-order valence-corrected chi connectivity index (χ3v) is 2.81. The van der Waals surface area contributed by atoms with Crippen LogP contribution in [0.5, 0.6) is 0 Å². The van der Waals surface area contributed by atoms with E-state index in [1.165, 1.54) is 7.11 Å². The molecule has 0 saturated heterocycles. The summed E-state index contributed by atoms with van der Waals surface area (Å²) in [5, 5.41) is 12.1. The number of nitrogens with zero attached hydrogens (tertiary/aromatic N) is 2. The fraction of sp³-hybridized carbons (Fsp3) is 0.143. The second-order valence-corrected chi connectivity index (χ2v) is 3.99. The zero-order valence-corrected chi connectivity index (χ0v) is 10.7. The summed E-state index contributed by atoms with van der Waals surface area (Å²) in [6.07, 6.45) is 1.83. The van der Waals surface area contributed by atoms with Crippen LogP contribution in [0.3, 0.4) is 0 Å². The van der Waals surface area contributed by atoms with Crippen molar-refractivity contribution in [1.29, 1.82) is 0 Å². The summed E-state index contributed by atoms with van der Waals surface area (Å²) in [4.78, 5) is 11.5. The molecule has 1 heterocycles. The molecule has 2 rings (SSSR count). The van der Waals surface area contributed by atoms with Gasteiger partial charge in [0.05, 0.1) is 18.4 Å². The van der Waals surface area contributed by atoms with E-state index in [9.17, 15) is 4.79 Å². The van der Waals surface area contributed by atoms with Gasteiger partial charge in [-0.2, -0.15) is 0 Å². The van der Waals surface area contributed by atoms with E-state index < -0.39 is 0 Å². The minimum Gasteiger partial charge on any atom is -0.465 e. The summed E-state index contributed by atoms with van der Waals surface area (Å²) >= 11 is 0. The minimum absolute atomic E-state index is 0.386. The maximum Gasteiger partial charge on any atom is 0.337 e. The monoisotopic (exact) mass is 258 g/mol. The molecule has 2 aromatic rings. The number of esters is 1. The first kappa shape index (κ1) is 12.9. The number of methoxy groups -OCH3 is 1. The summed E-state index contributed by atoms with van der Waals surface area (Å²) in [7, 11) is 1.35. The van der Waals surface area contributed by atoms with Crippen LogP contribution in [0.2, 0.25) is 0 Å². The molecular formula is C14H14N2O3. The highest BCUT2D eigenvalue weighted by atomic mass is 16.5. The summed E-state index contributed by atoms with van der Waals surface area (Å²) in [5.74, 6) is -0.386. The highest BCUT2D eigenvalue weighted by Crippen LogP contribution is 2.16. The molecule has 1 N–H and O–H groups in total. The lowest BCUT2D eigenvalue weighted by Crippen LogP contribution is -2.06. The molecule has 0 saturated carbocycles. The van der Waals surface area contributed by atoms with Gasteiger partial charge in [0.2, 0.25) is 0 Å². The largest absolute Gasteiger partial charge is 0.465 e. The lowest BCUT2D eigenvalue weighted by Gasteiger charge is -2.09. The molecule has 0 aliphatic rings. The van der Waals surface area contributed by atoms with Gasteiger partial charge in [-0.15, -0.1) is 0 Å². The number of benzene rings is 1. The fourth-order valence-corrected chi connectivity index (χ4v) is 1.85. The molecule has 0 atom stereocenters. The predicted molar refractivity (Wildman–Crippen MR) is 71.1 cm³/mol. The highest BCUT2D eigenvalue weighted by molar-refractivity contribution is 5.97. The van der Waals surface area contributed by atoms with Crippen molar-refractivity contribution in [2.75, 3.05) is 7.11 Å². The van der Waals surface area contributed by atoms with Crippen LogP contribution in [0.15, 0.2) is 47.8 Å². The van der Waals surface area contributed by atoms with Gasteiger partial charge in [0.25, 0.3) is 0 Å². The molecule has 1 aromatic carbocycles. The summed E-state index contributed by atoms with van der Waals surface area (Å²) < 4.78 is 6.53. The maximum atomic E-state index is 11.5. The van der Waals surface area contributed by atoms with Gasteiger partial charge < -0.3 is 14.5 Å². The van der Waals surface area contributed by atoms with E-state index in [-0.39, 0.29) is 5.97 Å². The number of carbonyl (C=O) groups is 1. The number of rotatable bonds is 3. The molecule has 0 spiro atoms. The number of oxime groups is 1. The first-order chi connectivity index (χ1) is 9.17. The van der Waals surface area contributed by atoms with Gasteiger partial charge in [0, 0.05) is 11.9 Å². The van der Waals surface area contributed by atoms with Gasteiger partial charge in [0.15, 0.2) is 0 Å².